The highest BCUT2D eigenvalue weighted by Gasteiger charge is 2.04. The number of amides is 2. The molecule has 2 N–H and O–H groups in total. The number of hydrazine groups is 1. The smallest absolute Gasteiger partial charge is 0.268 e. The molecule has 1 aromatic carbocycles. The van der Waals surface area contributed by atoms with E-state index in [4.69, 9.17) is 11.6 Å². The Kier molecular flexibility index (Phi) is 3.88. The second kappa shape index (κ2) is 5.17. The topological polar surface area (TPSA) is 58.2 Å². The van der Waals surface area contributed by atoms with Crippen LogP contribution in [0.2, 0.25) is 5.02 Å². The van der Waals surface area contributed by atoms with E-state index in [1.54, 1.807) is 24.3 Å². The van der Waals surface area contributed by atoms with Gasteiger partial charge in [-0.3, -0.25) is 20.4 Å². The zero-order valence-corrected chi connectivity index (χ0v) is 8.54. The van der Waals surface area contributed by atoms with Crippen molar-refractivity contribution in [2.24, 2.45) is 0 Å². The van der Waals surface area contributed by atoms with Crippen molar-refractivity contribution in [1.82, 2.24) is 10.9 Å². The molecule has 0 unspecified atom stereocenters. The van der Waals surface area contributed by atoms with Crippen molar-refractivity contribution in [2.45, 2.75) is 0 Å². The van der Waals surface area contributed by atoms with Crippen molar-refractivity contribution >= 4 is 23.4 Å². The van der Waals surface area contributed by atoms with Crippen molar-refractivity contribution in [2.75, 3.05) is 0 Å². The lowest BCUT2D eigenvalue weighted by Crippen LogP contribution is -2.40. The molecule has 0 heterocycles. The first kappa shape index (κ1) is 11.3. The number of benzene rings is 1. The van der Waals surface area contributed by atoms with Gasteiger partial charge in [0.2, 0.25) is 0 Å². The summed E-state index contributed by atoms with van der Waals surface area (Å²) in [6, 6.07) is 6.28. The highest BCUT2D eigenvalue weighted by atomic mass is 35.5. The molecule has 0 aliphatic rings. The zero-order valence-electron chi connectivity index (χ0n) is 7.79. The minimum Gasteiger partial charge on any atom is -0.268 e. The first-order valence-corrected chi connectivity index (χ1v) is 4.49. The van der Waals surface area contributed by atoms with Gasteiger partial charge in [0.25, 0.3) is 11.8 Å². The monoisotopic (exact) mass is 224 g/mol. The van der Waals surface area contributed by atoms with E-state index in [1.807, 2.05) is 0 Å². The Balaban J connectivity index is 2.57. The molecule has 0 saturated carbocycles. The van der Waals surface area contributed by atoms with E-state index >= 15 is 0 Å². The molecule has 5 heteroatoms. The Morgan fingerprint density at radius 1 is 1.20 bits per heavy atom. The van der Waals surface area contributed by atoms with Gasteiger partial charge in [-0.2, -0.15) is 0 Å². The molecular formula is C10H9ClN2O2. The molecule has 0 aliphatic heterocycles. The quantitative estimate of drug-likeness (QED) is 0.588. The zero-order chi connectivity index (χ0) is 11.3. The Morgan fingerprint density at radius 3 is 2.33 bits per heavy atom. The highest BCUT2D eigenvalue weighted by molar-refractivity contribution is 6.30. The normalized spacial score (nSPS) is 9.13. The summed E-state index contributed by atoms with van der Waals surface area (Å²) in [5.41, 5.74) is 4.78. The predicted molar refractivity (Wildman–Crippen MR) is 57.3 cm³/mol. The van der Waals surface area contributed by atoms with Crippen LogP contribution in [0.4, 0.5) is 0 Å². The van der Waals surface area contributed by atoms with Gasteiger partial charge in [-0.1, -0.05) is 18.2 Å². The molecule has 15 heavy (non-hydrogen) atoms. The first-order valence-electron chi connectivity index (χ1n) is 4.12. The van der Waals surface area contributed by atoms with E-state index in [2.05, 4.69) is 17.4 Å². The van der Waals surface area contributed by atoms with Crippen LogP contribution < -0.4 is 10.9 Å². The average Bonchev–Trinajstić information content (AvgIpc) is 2.26. The lowest BCUT2D eigenvalue weighted by Gasteiger charge is -2.04. The molecule has 0 aliphatic carbocycles. The molecular weight excluding hydrogens is 216 g/mol. The van der Waals surface area contributed by atoms with Gasteiger partial charge in [0, 0.05) is 10.6 Å². The van der Waals surface area contributed by atoms with Gasteiger partial charge >= 0.3 is 0 Å². The molecule has 2 amide bonds. The predicted octanol–water partition coefficient (Wildman–Crippen LogP) is 1.29. The summed E-state index contributed by atoms with van der Waals surface area (Å²) in [5.74, 6) is -0.890. The van der Waals surface area contributed by atoms with Gasteiger partial charge in [0.1, 0.15) is 0 Å². The molecule has 0 fully saturated rings. The summed E-state index contributed by atoms with van der Waals surface area (Å²) in [4.78, 5) is 22.1. The summed E-state index contributed by atoms with van der Waals surface area (Å²) in [6.07, 6.45) is 1.06. The summed E-state index contributed by atoms with van der Waals surface area (Å²) < 4.78 is 0. The second-order valence-corrected chi connectivity index (χ2v) is 3.09. The summed E-state index contributed by atoms with van der Waals surface area (Å²) in [5, 5.41) is 0.543. The fraction of sp³-hybridized carbons (Fsp3) is 0. The number of carbonyl (C=O) groups excluding carboxylic acids is 2. The Bertz CT molecular complexity index is 387. The lowest BCUT2D eigenvalue weighted by atomic mass is 10.2. The van der Waals surface area contributed by atoms with E-state index < -0.39 is 11.8 Å². The van der Waals surface area contributed by atoms with Crippen LogP contribution in [0.1, 0.15) is 10.4 Å². The first-order chi connectivity index (χ1) is 7.13. The minimum absolute atomic E-state index is 0.406. The van der Waals surface area contributed by atoms with E-state index in [0.717, 1.165) is 6.08 Å². The van der Waals surface area contributed by atoms with Crippen LogP contribution in [-0.2, 0) is 4.79 Å². The van der Waals surface area contributed by atoms with E-state index in [9.17, 15) is 9.59 Å². The molecule has 0 bridgehead atoms. The van der Waals surface area contributed by atoms with Crippen LogP contribution in [0.15, 0.2) is 36.9 Å². The van der Waals surface area contributed by atoms with Crippen LogP contribution in [0.25, 0.3) is 0 Å². The molecule has 0 aromatic heterocycles. The Labute approximate surface area is 91.9 Å². The van der Waals surface area contributed by atoms with Crippen molar-refractivity contribution in [3.8, 4) is 0 Å². The molecule has 0 spiro atoms. The number of hydrogen-bond acceptors (Lipinski definition) is 2. The standard InChI is InChI=1S/C10H9ClN2O2/c1-2-9(14)12-13-10(15)7-3-5-8(11)6-4-7/h2-6H,1H2,(H,12,14)(H,13,15). The van der Waals surface area contributed by atoms with Crippen LogP contribution in [0, 0.1) is 0 Å². The maximum absolute atomic E-state index is 11.4. The second-order valence-electron chi connectivity index (χ2n) is 2.65. The van der Waals surface area contributed by atoms with Gasteiger partial charge in [-0.15, -0.1) is 0 Å². The molecule has 0 radical (unpaired) electrons. The molecule has 0 saturated heterocycles. The highest BCUT2D eigenvalue weighted by Crippen LogP contribution is 2.08. The number of halogens is 1. The third-order valence-electron chi connectivity index (χ3n) is 1.59. The largest absolute Gasteiger partial charge is 0.269 e. The van der Waals surface area contributed by atoms with Crippen molar-refractivity contribution in [3.05, 3.63) is 47.5 Å². The van der Waals surface area contributed by atoms with Gasteiger partial charge in [0.05, 0.1) is 0 Å². The number of carbonyl (C=O) groups is 2. The third kappa shape index (κ3) is 3.44. The van der Waals surface area contributed by atoms with Gasteiger partial charge in [0.15, 0.2) is 0 Å². The van der Waals surface area contributed by atoms with Crippen molar-refractivity contribution < 1.29 is 9.59 Å². The van der Waals surface area contributed by atoms with Crippen LogP contribution >= 0.6 is 11.6 Å². The van der Waals surface area contributed by atoms with Crippen molar-refractivity contribution in [1.29, 1.82) is 0 Å². The van der Waals surface area contributed by atoms with Crippen LogP contribution in [-0.4, -0.2) is 11.8 Å². The molecule has 1 aromatic rings. The van der Waals surface area contributed by atoms with Gasteiger partial charge in [-0.05, 0) is 30.3 Å². The molecule has 1 rings (SSSR count). The van der Waals surface area contributed by atoms with Crippen LogP contribution in [0.3, 0.4) is 0 Å². The van der Waals surface area contributed by atoms with Crippen LogP contribution in [0.5, 0.6) is 0 Å². The summed E-state index contributed by atoms with van der Waals surface area (Å²) in [6.45, 7) is 3.24. The van der Waals surface area contributed by atoms with Crippen molar-refractivity contribution in [3.63, 3.8) is 0 Å². The molecule has 78 valence electrons. The lowest BCUT2D eigenvalue weighted by molar-refractivity contribution is -0.117. The maximum Gasteiger partial charge on any atom is 0.269 e. The number of hydrogen-bond donors (Lipinski definition) is 2. The average molecular weight is 225 g/mol. The summed E-state index contributed by atoms with van der Waals surface area (Å²) >= 11 is 5.65. The fourth-order valence-electron chi connectivity index (χ4n) is 0.843. The van der Waals surface area contributed by atoms with E-state index in [-0.39, 0.29) is 0 Å². The van der Waals surface area contributed by atoms with E-state index in [1.165, 1.54) is 0 Å². The van der Waals surface area contributed by atoms with E-state index in [0.29, 0.717) is 10.6 Å². The molecule has 4 nitrogen and oxygen atoms in total. The number of rotatable bonds is 2. The Morgan fingerprint density at radius 2 is 1.80 bits per heavy atom. The summed E-state index contributed by atoms with van der Waals surface area (Å²) in [7, 11) is 0. The minimum atomic E-state index is -0.475. The SMILES string of the molecule is C=CC(=O)NNC(=O)c1ccc(Cl)cc1. The maximum atomic E-state index is 11.4. The molecule has 0 atom stereocenters. The van der Waals surface area contributed by atoms with Gasteiger partial charge < -0.3 is 0 Å². The van der Waals surface area contributed by atoms with Gasteiger partial charge in [-0.25, -0.2) is 0 Å². The number of nitrogens with one attached hydrogen (secondary N) is 2. The Hall–Kier alpha value is -1.81. The fourth-order valence-corrected chi connectivity index (χ4v) is 0.969. The third-order valence-corrected chi connectivity index (χ3v) is 1.84.